The van der Waals surface area contributed by atoms with Crippen molar-refractivity contribution in [3.63, 3.8) is 0 Å². The summed E-state index contributed by atoms with van der Waals surface area (Å²) in [7, 11) is 3.15. The van der Waals surface area contributed by atoms with Crippen LogP contribution in [-0.2, 0) is 0 Å². The molecule has 0 aliphatic carbocycles. The van der Waals surface area contributed by atoms with Gasteiger partial charge >= 0.3 is 0 Å². The molecule has 0 fully saturated rings. The van der Waals surface area contributed by atoms with Crippen molar-refractivity contribution in [1.29, 1.82) is 0 Å². The van der Waals surface area contributed by atoms with E-state index in [9.17, 15) is 0 Å². The topological polar surface area (TPSA) is 0 Å². The highest BCUT2D eigenvalue weighted by Gasteiger charge is 1.51. The van der Waals surface area contributed by atoms with Crippen molar-refractivity contribution in [1.82, 2.24) is 0 Å². The Morgan fingerprint density at radius 2 is 2.40 bits per heavy atom. The molecule has 0 unspecified atom stereocenters. The number of rotatable bonds is 0. The van der Waals surface area contributed by atoms with Crippen molar-refractivity contribution >= 4 is 26.2 Å². The first-order chi connectivity index (χ1) is 2.41. The van der Waals surface area contributed by atoms with Crippen molar-refractivity contribution in [2.75, 3.05) is 0 Å². The molecule has 2 heteroatoms. The minimum absolute atomic E-state index is 0.741. The molecule has 0 aliphatic rings. The van der Waals surface area contributed by atoms with Crippen LogP contribution in [0.25, 0.3) is 0 Å². The summed E-state index contributed by atoms with van der Waals surface area (Å²) in [5, 5.41) is 0. The highest BCUT2D eigenvalue weighted by molar-refractivity contribution is 9.12. The molecule has 0 aromatic heterocycles. The van der Waals surface area contributed by atoms with Crippen LogP contribution in [0.3, 0.4) is 0 Å². The van der Waals surface area contributed by atoms with Gasteiger partial charge in [0.1, 0.15) is 0 Å². The lowest BCUT2D eigenvalue weighted by Gasteiger charge is -1.55. The lowest BCUT2D eigenvalue weighted by molar-refractivity contribution is 1.89. The summed E-state index contributed by atoms with van der Waals surface area (Å²) < 4.78 is 0. The van der Waals surface area contributed by atoms with Crippen molar-refractivity contribution < 1.29 is 0 Å². The van der Waals surface area contributed by atoms with Gasteiger partial charge in [-0.05, 0) is 10.9 Å². The van der Waals surface area contributed by atoms with Crippen molar-refractivity contribution in [2.45, 2.75) is 6.04 Å². The summed E-state index contributed by atoms with van der Waals surface area (Å²) in [6, 6.07) is 0.741. The smallest absolute Gasteiger partial charge is 0.0397 e. The van der Waals surface area contributed by atoms with E-state index in [1.54, 1.807) is 0 Å². The van der Waals surface area contributed by atoms with E-state index < -0.39 is 0 Å². The van der Waals surface area contributed by atoms with E-state index in [-0.39, 0.29) is 0 Å². The van der Waals surface area contributed by atoms with Gasteiger partial charge in [0.25, 0.3) is 0 Å². The molecule has 0 aliphatic heterocycles. The van der Waals surface area contributed by atoms with Gasteiger partial charge in [0.05, 0.1) is 0 Å². The molecule has 0 N–H and O–H groups in total. The lowest BCUT2D eigenvalue weighted by atomic mass is 10.8. The van der Waals surface area contributed by atoms with Crippen LogP contribution in [0.2, 0.25) is 6.04 Å². The second kappa shape index (κ2) is 4.26. The summed E-state index contributed by atoms with van der Waals surface area (Å²) in [4.78, 5) is 2.53. The maximum Gasteiger partial charge on any atom is 0.0397 e. The van der Waals surface area contributed by atoms with Crippen LogP contribution >= 0.6 is 15.9 Å². The number of hydrogen-bond acceptors (Lipinski definition) is 0. The zero-order valence-electron chi connectivity index (χ0n) is 2.59. The summed E-state index contributed by atoms with van der Waals surface area (Å²) in [6.45, 7) is 0. The van der Waals surface area contributed by atoms with E-state index in [4.69, 9.17) is 0 Å². The van der Waals surface area contributed by atoms with E-state index in [0.717, 1.165) is 6.04 Å². The molecule has 5 heavy (non-hydrogen) atoms. The summed E-state index contributed by atoms with van der Waals surface area (Å²) >= 11 is 2.92. The Balaban J connectivity index is 2.81. The molecular formula is C3H2BrSi. The Morgan fingerprint density at radius 3 is 2.40 bits per heavy atom. The van der Waals surface area contributed by atoms with Gasteiger partial charge < -0.3 is 0 Å². The first-order valence-corrected chi connectivity index (χ1v) is 2.65. The Bertz CT molecular complexity index is 59.0. The molecular weight excluding hydrogens is 144 g/mol. The first-order valence-electron chi connectivity index (χ1n) is 1.15. The Kier molecular flexibility index (Phi) is 4.48. The monoisotopic (exact) mass is 145 g/mol. The van der Waals surface area contributed by atoms with Gasteiger partial charge in [-0.25, -0.2) is 0 Å². The Labute approximate surface area is 43.5 Å². The van der Waals surface area contributed by atoms with Crippen molar-refractivity contribution in [3.8, 4) is 10.8 Å². The average molecular weight is 146 g/mol. The number of halogens is 1. The minimum Gasteiger partial charge on any atom is -0.0947 e. The van der Waals surface area contributed by atoms with Gasteiger partial charge in [-0.1, -0.05) is 5.92 Å². The summed E-state index contributed by atoms with van der Waals surface area (Å²) in [6.07, 6.45) is 0. The maximum atomic E-state index is 3.15. The normalized spacial score (nSPS) is 5.20. The zero-order valence-corrected chi connectivity index (χ0v) is 5.17. The first kappa shape index (κ1) is 5.26. The fraction of sp³-hybridized carbons (Fsp3) is 0.333. The number of hydrogen-bond donors (Lipinski definition) is 0. The summed E-state index contributed by atoms with van der Waals surface area (Å²) in [5.74, 6) is 2.69. The summed E-state index contributed by atoms with van der Waals surface area (Å²) in [5.41, 5.74) is 0. The van der Waals surface area contributed by atoms with Crippen LogP contribution < -0.4 is 0 Å². The van der Waals surface area contributed by atoms with Gasteiger partial charge in [0, 0.05) is 26.2 Å². The predicted octanol–water partition coefficient (Wildman–Crippen LogP) is 0.929. The van der Waals surface area contributed by atoms with Crippen molar-refractivity contribution in [3.05, 3.63) is 0 Å². The highest BCUT2D eigenvalue weighted by atomic mass is 79.9. The third-order valence-electron chi connectivity index (χ3n) is 0.155. The van der Waals surface area contributed by atoms with Gasteiger partial charge in [-0.3, -0.25) is 0 Å². The van der Waals surface area contributed by atoms with E-state index in [1.807, 2.05) is 0 Å². The quantitative estimate of drug-likeness (QED) is 0.352. The molecule has 3 radical (unpaired) electrons. The van der Waals surface area contributed by atoms with Crippen LogP contribution in [0.1, 0.15) is 0 Å². The average Bonchev–Trinajstić information content (AvgIpc) is 1.41. The molecule has 0 aromatic carbocycles. The molecule has 0 heterocycles. The molecule has 0 spiro atoms. The van der Waals surface area contributed by atoms with Crippen LogP contribution in [0, 0.1) is 10.8 Å². The predicted molar refractivity (Wildman–Crippen MR) is 27.3 cm³/mol. The fourth-order valence-electron chi connectivity index (χ4n) is 0.0334. The molecule has 0 aromatic rings. The second-order valence-corrected chi connectivity index (χ2v) is 1.20. The van der Waals surface area contributed by atoms with Gasteiger partial charge in [-0.2, -0.15) is 0 Å². The van der Waals surface area contributed by atoms with Crippen LogP contribution in [0.5, 0.6) is 0 Å². The zero-order chi connectivity index (χ0) is 4.12. The molecule has 0 atom stereocenters. The second-order valence-electron chi connectivity index (χ2n) is 0.448. The van der Waals surface area contributed by atoms with Gasteiger partial charge in [0.2, 0.25) is 0 Å². The van der Waals surface area contributed by atoms with E-state index >= 15 is 0 Å². The van der Waals surface area contributed by atoms with Crippen LogP contribution in [0.15, 0.2) is 0 Å². The highest BCUT2D eigenvalue weighted by Crippen LogP contribution is 1.69. The Morgan fingerprint density at radius 1 is 1.80 bits per heavy atom. The third-order valence-corrected chi connectivity index (χ3v) is 0.612. The van der Waals surface area contributed by atoms with Crippen molar-refractivity contribution in [2.24, 2.45) is 0 Å². The van der Waals surface area contributed by atoms with Crippen LogP contribution in [0.4, 0.5) is 0 Å². The van der Waals surface area contributed by atoms with Crippen LogP contribution in [-0.4, -0.2) is 10.2 Å². The molecule has 0 amide bonds. The molecule has 0 rings (SSSR count). The molecule has 0 bridgehead atoms. The molecule has 25 valence electrons. The van der Waals surface area contributed by atoms with E-state index in [1.165, 1.54) is 0 Å². The lowest BCUT2D eigenvalue weighted by Crippen LogP contribution is -1.51. The minimum atomic E-state index is 0.741. The SMILES string of the molecule is [Si]CC#CBr. The van der Waals surface area contributed by atoms with E-state index in [2.05, 4.69) is 36.9 Å². The fourth-order valence-corrected chi connectivity index (χ4v) is 0.521. The molecule has 0 nitrogen and oxygen atoms in total. The van der Waals surface area contributed by atoms with Gasteiger partial charge in [0.15, 0.2) is 0 Å². The third kappa shape index (κ3) is 4.26. The van der Waals surface area contributed by atoms with Gasteiger partial charge in [-0.15, -0.1) is 0 Å². The Hall–Kier alpha value is 0.257. The van der Waals surface area contributed by atoms with E-state index in [0.29, 0.717) is 0 Å². The largest absolute Gasteiger partial charge is 0.0947 e. The molecule has 0 saturated heterocycles. The maximum absolute atomic E-state index is 3.15. The standard InChI is InChI=1S/C3H2BrSi/c4-2-1-3-5/h3H2. The molecule has 0 saturated carbocycles.